The number of unbranched alkanes of at least 4 members (excludes halogenated alkanes) is 1. The second-order valence-corrected chi connectivity index (χ2v) is 4.25. The van der Waals surface area contributed by atoms with E-state index in [0.29, 0.717) is 0 Å². The van der Waals surface area contributed by atoms with Gasteiger partial charge in [0.15, 0.2) is 0 Å². The van der Waals surface area contributed by atoms with Crippen LogP contribution in [0.5, 0.6) is 0 Å². The predicted octanol–water partition coefficient (Wildman–Crippen LogP) is 5.41. The van der Waals surface area contributed by atoms with Crippen molar-refractivity contribution < 1.29 is 0 Å². The molecule has 0 saturated heterocycles. The quantitative estimate of drug-likeness (QED) is 0.647. The van der Waals surface area contributed by atoms with Crippen LogP contribution in [0.1, 0.15) is 51.2 Å². The second kappa shape index (κ2) is 8.79. The Morgan fingerprint density at radius 1 is 1.00 bits per heavy atom. The number of aryl methyl sites for hydroxylation is 2. The first kappa shape index (κ1) is 14.5. The molecule has 0 spiro atoms. The van der Waals surface area contributed by atoms with Gasteiger partial charge in [0, 0.05) is 5.02 Å². The third-order valence-electron chi connectivity index (χ3n) is 2.22. The Balaban J connectivity index is 0.000000423. The molecule has 0 aliphatic carbocycles. The predicted molar refractivity (Wildman–Crippen MR) is 70.8 cm³/mol. The highest BCUT2D eigenvalue weighted by atomic mass is 35.5. The molecule has 1 aromatic carbocycles. The van der Waals surface area contributed by atoms with Gasteiger partial charge in [-0.25, -0.2) is 0 Å². The molecule has 0 heterocycles. The molecule has 0 fully saturated rings. The lowest BCUT2D eigenvalue weighted by atomic mass is 10.1. The maximum absolute atomic E-state index is 5.97. The second-order valence-electron chi connectivity index (χ2n) is 3.84. The number of hydrogen-bond acceptors (Lipinski definition) is 0. The van der Waals surface area contributed by atoms with Crippen LogP contribution in [0.3, 0.4) is 0 Å². The summed E-state index contributed by atoms with van der Waals surface area (Å²) in [6, 6.07) is 6.18. The van der Waals surface area contributed by atoms with Crippen molar-refractivity contribution in [3.8, 4) is 0 Å². The topological polar surface area (TPSA) is 0 Å². The minimum Gasteiger partial charge on any atom is -0.0840 e. The molecular weight excluding hydrogens is 204 g/mol. The maximum atomic E-state index is 5.97. The van der Waals surface area contributed by atoms with E-state index in [0.717, 1.165) is 17.9 Å². The van der Waals surface area contributed by atoms with E-state index in [-0.39, 0.29) is 0 Å². The molecule has 0 amide bonds. The van der Waals surface area contributed by atoms with Gasteiger partial charge in [0.2, 0.25) is 0 Å². The summed E-state index contributed by atoms with van der Waals surface area (Å²) in [7, 11) is 0. The zero-order valence-corrected chi connectivity index (χ0v) is 11.2. The van der Waals surface area contributed by atoms with Crippen LogP contribution in [0.2, 0.25) is 5.02 Å². The normalized spacial score (nSPS) is 9.40. The average molecular weight is 227 g/mol. The Hall–Kier alpha value is -0.490. The van der Waals surface area contributed by atoms with Gasteiger partial charge in [0.25, 0.3) is 0 Å². The van der Waals surface area contributed by atoms with Crippen molar-refractivity contribution >= 4 is 11.6 Å². The van der Waals surface area contributed by atoms with Gasteiger partial charge in [-0.1, -0.05) is 69.3 Å². The lowest BCUT2D eigenvalue weighted by Gasteiger charge is -2.02. The van der Waals surface area contributed by atoms with E-state index >= 15 is 0 Å². The molecule has 0 aromatic heterocycles. The lowest BCUT2D eigenvalue weighted by molar-refractivity contribution is 0.886. The minimum atomic E-state index is 0.900. The Morgan fingerprint density at radius 2 is 1.60 bits per heavy atom. The maximum Gasteiger partial charge on any atom is 0.0438 e. The zero-order valence-electron chi connectivity index (χ0n) is 10.4. The first-order valence-corrected chi connectivity index (χ1v) is 6.28. The Bertz CT molecular complexity index is 264. The summed E-state index contributed by atoms with van der Waals surface area (Å²) in [5.41, 5.74) is 2.56. The molecule has 86 valence electrons. The molecule has 0 aliphatic rings. The molecule has 0 radical (unpaired) electrons. The molecule has 0 nitrogen and oxygen atoms in total. The van der Waals surface area contributed by atoms with E-state index < -0.39 is 0 Å². The van der Waals surface area contributed by atoms with Gasteiger partial charge in [0.1, 0.15) is 0 Å². The SMILES string of the molecule is CCCC.CCCc1cc(C)ccc1Cl. The van der Waals surface area contributed by atoms with Gasteiger partial charge in [0.05, 0.1) is 0 Å². The van der Waals surface area contributed by atoms with Crippen LogP contribution >= 0.6 is 11.6 Å². The number of benzene rings is 1. The van der Waals surface area contributed by atoms with E-state index in [4.69, 9.17) is 11.6 Å². The molecule has 0 N–H and O–H groups in total. The first-order chi connectivity index (χ1) is 7.15. The van der Waals surface area contributed by atoms with Crippen molar-refractivity contribution in [1.82, 2.24) is 0 Å². The van der Waals surface area contributed by atoms with E-state index in [2.05, 4.69) is 33.8 Å². The van der Waals surface area contributed by atoms with E-state index in [1.807, 2.05) is 12.1 Å². The minimum absolute atomic E-state index is 0.900. The third kappa shape index (κ3) is 6.57. The Labute approximate surface area is 99.7 Å². The van der Waals surface area contributed by atoms with Gasteiger partial charge in [-0.2, -0.15) is 0 Å². The molecule has 0 aliphatic heterocycles. The van der Waals surface area contributed by atoms with E-state index in [1.54, 1.807) is 0 Å². The standard InChI is InChI=1S/C10H13Cl.C4H10/c1-3-4-9-7-8(2)5-6-10(9)11;1-3-4-2/h5-7H,3-4H2,1-2H3;3-4H2,1-2H3. The molecule has 1 rings (SSSR count). The third-order valence-corrected chi connectivity index (χ3v) is 2.59. The van der Waals surface area contributed by atoms with Crippen LogP contribution in [-0.2, 0) is 6.42 Å². The highest BCUT2D eigenvalue weighted by Crippen LogP contribution is 2.18. The number of rotatable bonds is 3. The first-order valence-electron chi connectivity index (χ1n) is 5.90. The summed E-state index contributed by atoms with van der Waals surface area (Å²) in [4.78, 5) is 0. The van der Waals surface area contributed by atoms with Gasteiger partial charge >= 0.3 is 0 Å². The highest BCUT2D eigenvalue weighted by Gasteiger charge is 1.97. The molecule has 1 heteroatoms. The lowest BCUT2D eigenvalue weighted by Crippen LogP contribution is -1.85. The molecule has 0 unspecified atom stereocenters. The fraction of sp³-hybridized carbons (Fsp3) is 0.571. The summed E-state index contributed by atoms with van der Waals surface area (Å²) in [5.74, 6) is 0. The van der Waals surface area contributed by atoms with Crippen LogP contribution in [0.15, 0.2) is 18.2 Å². The molecule has 0 atom stereocenters. The van der Waals surface area contributed by atoms with Crippen LogP contribution in [0.25, 0.3) is 0 Å². The van der Waals surface area contributed by atoms with Gasteiger partial charge in [-0.05, 0) is 25.0 Å². The Kier molecular flexibility index (Phi) is 8.50. The number of hydrogen-bond donors (Lipinski definition) is 0. The smallest absolute Gasteiger partial charge is 0.0438 e. The Morgan fingerprint density at radius 3 is 2.07 bits per heavy atom. The van der Waals surface area contributed by atoms with Crippen molar-refractivity contribution in [2.75, 3.05) is 0 Å². The molecular formula is C14H23Cl. The van der Waals surface area contributed by atoms with Crippen LogP contribution in [0.4, 0.5) is 0 Å². The van der Waals surface area contributed by atoms with Crippen LogP contribution in [-0.4, -0.2) is 0 Å². The van der Waals surface area contributed by atoms with Gasteiger partial charge < -0.3 is 0 Å². The average Bonchev–Trinajstić information content (AvgIpc) is 2.24. The van der Waals surface area contributed by atoms with Crippen molar-refractivity contribution in [3.63, 3.8) is 0 Å². The number of halogens is 1. The van der Waals surface area contributed by atoms with Crippen LogP contribution in [0, 0.1) is 6.92 Å². The highest BCUT2D eigenvalue weighted by molar-refractivity contribution is 6.31. The largest absolute Gasteiger partial charge is 0.0840 e. The van der Waals surface area contributed by atoms with Crippen molar-refractivity contribution in [3.05, 3.63) is 34.3 Å². The van der Waals surface area contributed by atoms with Crippen molar-refractivity contribution in [1.29, 1.82) is 0 Å². The summed E-state index contributed by atoms with van der Waals surface area (Å²) >= 11 is 5.97. The van der Waals surface area contributed by atoms with Crippen LogP contribution < -0.4 is 0 Å². The molecule has 15 heavy (non-hydrogen) atoms. The fourth-order valence-electron chi connectivity index (χ4n) is 1.16. The molecule has 0 saturated carbocycles. The summed E-state index contributed by atoms with van der Waals surface area (Å²) < 4.78 is 0. The van der Waals surface area contributed by atoms with Gasteiger partial charge in [-0.3, -0.25) is 0 Å². The molecule has 1 aromatic rings. The molecule has 0 bridgehead atoms. The van der Waals surface area contributed by atoms with Crippen molar-refractivity contribution in [2.45, 2.75) is 53.4 Å². The van der Waals surface area contributed by atoms with E-state index in [1.165, 1.54) is 24.0 Å². The summed E-state index contributed by atoms with van der Waals surface area (Å²) in [6.07, 6.45) is 4.88. The van der Waals surface area contributed by atoms with E-state index in [9.17, 15) is 0 Å². The fourth-order valence-corrected chi connectivity index (χ4v) is 1.38. The summed E-state index contributed by atoms with van der Waals surface area (Å²) in [6.45, 7) is 8.62. The monoisotopic (exact) mass is 226 g/mol. The van der Waals surface area contributed by atoms with Gasteiger partial charge in [-0.15, -0.1) is 0 Å². The zero-order chi connectivity index (χ0) is 11.7. The van der Waals surface area contributed by atoms with Crippen molar-refractivity contribution in [2.24, 2.45) is 0 Å². The summed E-state index contributed by atoms with van der Waals surface area (Å²) in [5, 5.41) is 0.900.